The largest absolute Gasteiger partial charge is 0.355 e. The minimum atomic E-state index is -0.285. The number of hydrogen-bond donors (Lipinski definition) is 3. The van der Waals surface area contributed by atoms with E-state index in [9.17, 15) is 9.59 Å². The van der Waals surface area contributed by atoms with Crippen LogP contribution in [0.1, 0.15) is 21.5 Å². The molecule has 5 nitrogen and oxygen atoms in total. The Hall–Kier alpha value is -3.26. The summed E-state index contributed by atoms with van der Waals surface area (Å²) in [4.78, 5) is 23.1. The second kappa shape index (κ2) is 9.01. The van der Waals surface area contributed by atoms with Crippen LogP contribution in [0.5, 0.6) is 0 Å². The van der Waals surface area contributed by atoms with Gasteiger partial charge in [-0.2, -0.15) is 0 Å². The fraction of sp³-hybridized carbons (Fsp3) is 0.158. The Morgan fingerprint density at radius 2 is 1.67 bits per heavy atom. The van der Waals surface area contributed by atoms with Gasteiger partial charge in [0.2, 0.25) is 0 Å². The van der Waals surface area contributed by atoms with Crippen molar-refractivity contribution in [3.63, 3.8) is 0 Å². The lowest BCUT2D eigenvalue weighted by Gasteiger charge is -2.06. The number of amides is 3. The third-order valence-corrected chi connectivity index (χ3v) is 3.24. The standard InChI is InChI=1S/C19H19N3O2/c1-20-18(23)17-11-9-16(10-12-17)14-22-19(24)21-13-5-8-15-6-3-2-4-7-15/h2-4,6-7,9-12H,13-14H2,1H3,(H,20,23)(H2,21,22,24). The smallest absolute Gasteiger partial charge is 0.315 e. The van der Waals surface area contributed by atoms with Crippen LogP contribution in [0.2, 0.25) is 0 Å². The molecule has 2 aromatic rings. The molecule has 122 valence electrons. The Balaban J connectivity index is 1.73. The monoisotopic (exact) mass is 321 g/mol. The summed E-state index contributed by atoms with van der Waals surface area (Å²) < 4.78 is 0. The van der Waals surface area contributed by atoms with Crippen molar-refractivity contribution in [2.24, 2.45) is 0 Å². The van der Waals surface area contributed by atoms with Crippen LogP contribution in [0.15, 0.2) is 54.6 Å². The SMILES string of the molecule is CNC(=O)c1ccc(CNC(=O)NCC#Cc2ccccc2)cc1. The molecule has 0 aliphatic carbocycles. The summed E-state index contributed by atoms with van der Waals surface area (Å²) in [6.45, 7) is 0.655. The molecule has 0 aliphatic heterocycles. The molecule has 0 heterocycles. The Labute approximate surface area is 141 Å². The molecular weight excluding hydrogens is 302 g/mol. The van der Waals surface area contributed by atoms with Crippen molar-refractivity contribution in [2.45, 2.75) is 6.54 Å². The van der Waals surface area contributed by atoms with Crippen LogP contribution < -0.4 is 16.0 Å². The molecule has 0 aromatic heterocycles. The van der Waals surface area contributed by atoms with Crippen molar-refractivity contribution in [3.8, 4) is 11.8 Å². The van der Waals surface area contributed by atoms with Crippen LogP contribution in [0.4, 0.5) is 4.79 Å². The zero-order valence-electron chi connectivity index (χ0n) is 13.4. The van der Waals surface area contributed by atoms with Gasteiger partial charge in [-0.15, -0.1) is 0 Å². The second-order valence-corrected chi connectivity index (χ2v) is 4.98. The third kappa shape index (κ3) is 5.50. The third-order valence-electron chi connectivity index (χ3n) is 3.24. The lowest BCUT2D eigenvalue weighted by Crippen LogP contribution is -2.35. The molecule has 3 amide bonds. The molecule has 0 unspecified atom stereocenters. The van der Waals surface area contributed by atoms with E-state index in [4.69, 9.17) is 0 Å². The van der Waals surface area contributed by atoms with Gasteiger partial charge in [0.25, 0.3) is 5.91 Å². The summed E-state index contributed by atoms with van der Waals surface area (Å²) in [6.07, 6.45) is 0. The topological polar surface area (TPSA) is 70.2 Å². The van der Waals surface area contributed by atoms with E-state index in [1.165, 1.54) is 0 Å². The van der Waals surface area contributed by atoms with E-state index in [1.54, 1.807) is 31.3 Å². The average Bonchev–Trinajstić information content (AvgIpc) is 2.64. The Bertz CT molecular complexity index is 744. The molecule has 0 bridgehead atoms. The molecule has 0 atom stereocenters. The first-order valence-electron chi connectivity index (χ1n) is 7.55. The minimum Gasteiger partial charge on any atom is -0.355 e. The lowest BCUT2D eigenvalue weighted by atomic mass is 10.1. The average molecular weight is 321 g/mol. The molecule has 2 rings (SSSR count). The summed E-state index contributed by atoms with van der Waals surface area (Å²) in [5.74, 6) is 5.72. The van der Waals surface area contributed by atoms with Crippen molar-refractivity contribution >= 4 is 11.9 Å². The first-order valence-corrected chi connectivity index (χ1v) is 7.55. The lowest BCUT2D eigenvalue weighted by molar-refractivity contribution is 0.0963. The molecular formula is C19H19N3O2. The Kier molecular flexibility index (Phi) is 6.42. The van der Waals surface area contributed by atoms with Gasteiger partial charge in [-0.25, -0.2) is 4.79 Å². The molecule has 0 radical (unpaired) electrons. The van der Waals surface area contributed by atoms with Crippen LogP contribution in [-0.2, 0) is 6.54 Å². The van der Waals surface area contributed by atoms with E-state index in [-0.39, 0.29) is 18.5 Å². The summed E-state index contributed by atoms with van der Waals surface area (Å²) in [7, 11) is 1.59. The van der Waals surface area contributed by atoms with Gasteiger partial charge in [0.1, 0.15) is 0 Å². The quantitative estimate of drug-likeness (QED) is 0.753. The Morgan fingerprint density at radius 3 is 2.33 bits per heavy atom. The summed E-state index contributed by atoms with van der Waals surface area (Å²) in [5, 5.41) is 7.98. The fourth-order valence-electron chi connectivity index (χ4n) is 1.96. The fourth-order valence-corrected chi connectivity index (χ4v) is 1.96. The van der Waals surface area contributed by atoms with Gasteiger partial charge in [0.05, 0.1) is 6.54 Å². The van der Waals surface area contributed by atoms with Gasteiger partial charge in [-0.3, -0.25) is 4.79 Å². The number of benzene rings is 2. The summed E-state index contributed by atoms with van der Waals surface area (Å²) >= 11 is 0. The number of rotatable bonds is 4. The predicted molar refractivity (Wildman–Crippen MR) is 93.4 cm³/mol. The van der Waals surface area contributed by atoms with Gasteiger partial charge in [-0.1, -0.05) is 42.2 Å². The molecule has 0 saturated carbocycles. The molecule has 3 N–H and O–H groups in total. The zero-order valence-corrected chi connectivity index (χ0v) is 13.4. The maximum Gasteiger partial charge on any atom is 0.315 e. The van der Waals surface area contributed by atoms with E-state index < -0.39 is 0 Å². The van der Waals surface area contributed by atoms with Crippen molar-refractivity contribution < 1.29 is 9.59 Å². The zero-order chi connectivity index (χ0) is 17.2. The maximum absolute atomic E-state index is 11.7. The van der Waals surface area contributed by atoms with E-state index >= 15 is 0 Å². The molecule has 5 heteroatoms. The molecule has 0 saturated heterocycles. The van der Waals surface area contributed by atoms with Crippen LogP contribution >= 0.6 is 0 Å². The number of hydrogen-bond acceptors (Lipinski definition) is 2. The number of carbonyl (C=O) groups is 2. The van der Waals surface area contributed by atoms with E-state index in [0.717, 1.165) is 11.1 Å². The molecule has 24 heavy (non-hydrogen) atoms. The van der Waals surface area contributed by atoms with Crippen molar-refractivity contribution in [2.75, 3.05) is 13.6 Å². The molecule has 0 spiro atoms. The highest BCUT2D eigenvalue weighted by Gasteiger charge is 2.03. The van der Waals surface area contributed by atoms with Gasteiger partial charge in [0, 0.05) is 24.7 Å². The second-order valence-electron chi connectivity index (χ2n) is 4.98. The van der Waals surface area contributed by atoms with Gasteiger partial charge in [-0.05, 0) is 29.8 Å². The number of nitrogens with one attached hydrogen (secondary N) is 3. The maximum atomic E-state index is 11.7. The predicted octanol–water partition coefficient (Wildman–Crippen LogP) is 1.90. The molecule has 0 aliphatic rings. The van der Waals surface area contributed by atoms with Crippen molar-refractivity contribution in [1.29, 1.82) is 0 Å². The van der Waals surface area contributed by atoms with E-state index in [1.807, 2.05) is 30.3 Å². The highest BCUT2D eigenvalue weighted by Crippen LogP contribution is 2.04. The highest BCUT2D eigenvalue weighted by atomic mass is 16.2. The molecule has 0 fully saturated rings. The van der Waals surface area contributed by atoms with Gasteiger partial charge in [0.15, 0.2) is 0 Å². The van der Waals surface area contributed by atoms with Crippen LogP contribution in [0.25, 0.3) is 0 Å². The van der Waals surface area contributed by atoms with Crippen LogP contribution in [0, 0.1) is 11.8 Å². The minimum absolute atomic E-state index is 0.135. The van der Waals surface area contributed by atoms with Gasteiger partial charge >= 0.3 is 6.03 Å². The highest BCUT2D eigenvalue weighted by molar-refractivity contribution is 5.93. The van der Waals surface area contributed by atoms with Crippen molar-refractivity contribution in [1.82, 2.24) is 16.0 Å². The van der Waals surface area contributed by atoms with E-state index in [2.05, 4.69) is 27.8 Å². The first-order chi connectivity index (χ1) is 11.7. The van der Waals surface area contributed by atoms with E-state index in [0.29, 0.717) is 12.1 Å². The number of urea groups is 1. The Morgan fingerprint density at radius 1 is 0.958 bits per heavy atom. The number of carbonyl (C=O) groups excluding carboxylic acids is 2. The molecule has 2 aromatic carbocycles. The van der Waals surface area contributed by atoms with Gasteiger partial charge < -0.3 is 16.0 Å². The van der Waals surface area contributed by atoms with Crippen LogP contribution in [-0.4, -0.2) is 25.5 Å². The van der Waals surface area contributed by atoms with Crippen LogP contribution in [0.3, 0.4) is 0 Å². The first kappa shape index (κ1) is 17.1. The summed E-state index contributed by atoms with van der Waals surface area (Å²) in [6, 6.07) is 16.4. The van der Waals surface area contributed by atoms with Crippen molar-refractivity contribution in [3.05, 3.63) is 71.3 Å². The normalized spacial score (nSPS) is 9.38. The summed E-state index contributed by atoms with van der Waals surface area (Å²) in [5.41, 5.74) is 2.41.